The van der Waals surface area contributed by atoms with Gasteiger partial charge < -0.3 is 21.5 Å². The van der Waals surface area contributed by atoms with Gasteiger partial charge in [0, 0.05) is 0 Å². The SMILES string of the molecule is Br.[Br-].c1ccc(C(Cn2c[n+](-c3ccccc3)c3ccccc32)n2cnc3ccccc32)cc1. The summed E-state index contributed by atoms with van der Waals surface area (Å²) < 4.78 is 6.92. The molecule has 34 heavy (non-hydrogen) atoms. The molecule has 0 saturated heterocycles. The van der Waals surface area contributed by atoms with E-state index in [1.165, 1.54) is 16.6 Å². The van der Waals surface area contributed by atoms with Gasteiger partial charge in [0.25, 0.3) is 0 Å². The molecule has 4 aromatic carbocycles. The van der Waals surface area contributed by atoms with Gasteiger partial charge in [0.2, 0.25) is 6.33 Å². The third-order valence-electron chi connectivity index (χ3n) is 6.11. The van der Waals surface area contributed by atoms with Crippen molar-refractivity contribution in [1.82, 2.24) is 14.1 Å². The highest BCUT2D eigenvalue weighted by atomic mass is 79.9. The lowest BCUT2D eigenvalue weighted by Crippen LogP contribution is -3.00. The molecule has 0 radical (unpaired) electrons. The molecule has 0 N–H and O–H groups in total. The summed E-state index contributed by atoms with van der Waals surface area (Å²) in [5, 5.41) is 0. The van der Waals surface area contributed by atoms with Crippen molar-refractivity contribution in [2.24, 2.45) is 0 Å². The fraction of sp³-hybridized carbons (Fsp3) is 0.0714. The molecule has 0 bridgehead atoms. The Balaban J connectivity index is 0.00000137. The number of halogens is 2. The maximum atomic E-state index is 4.67. The molecule has 0 aliphatic rings. The van der Waals surface area contributed by atoms with Crippen molar-refractivity contribution in [2.45, 2.75) is 12.6 Å². The van der Waals surface area contributed by atoms with Gasteiger partial charge in [-0.15, -0.1) is 17.0 Å². The van der Waals surface area contributed by atoms with Gasteiger partial charge in [-0.1, -0.05) is 72.8 Å². The van der Waals surface area contributed by atoms with Gasteiger partial charge in [-0.05, 0) is 42.0 Å². The van der Waals surface area contributed by atoms with Crippen molar-refractivity contribution in [3.63, 3.8) is 0 Å². The summed E-state index contributed by atoms with van der Waals surface area (Å²) in [6.45, 7) is 0.796. The summed E-state index contributed by atoms with van der Waals surface area (Å²) in [6, 6.07) is 38.3. The van der Waals surface area contributed by atoms with E-state index in [4.69, 9.17) is 0 Å². The lowest BCUT2D eigenvalue weighted by Gasteiger charge is -2.18. The van der Waals surface area contributed by atoms with Crippen LogP contribution in [0.1, 0.15) is 11.6 Å². The molecule has 6 heteroatoms. The molecule has 0 aliphatic heterocycles. The van der Waals surface area contributed by atoms with E-state index in [9.17, 15) is 0 Å². The summed E-state index contributed by atoms with van der Waals surface area (Å²) >= 11 is 0. The summed E-state index contributed by atoms with van der Waals surface area (Å²) in [4.78, 5) is 4.67. The van der Waals surface area contributed by atoms with E-state index < -0.39 is 0 Å². The average molecular weight is 576 g/mol. The zero-order valence-corrected chi connectivity index (χ0v) is 21.7. The highest BCUT2D eigenvalue weighted by molar-refractivity contribution is 8.93. The Labute approximate surface area is 219 Å². The molecule has 6 aromatic rings. The minimum absolute atomic E-state index is 0. The van der Waals surface area contributed by atoms with E-state index in [1.807, 2.05) is 12.4 Å². The van der Waals surface area contributed by atoms with E-state index in [1.54, 1.807) is 0 Å². The van der Waals surface area contributed by atoms with Gasteiger partial charge in [0.05, 0.1) is 23.4 Å². The Morgan fingerprint density at radius 3 is 2.09 bits per heavy atom. The molecule has 0 aliphatic carbocycles. The molecule has 2 heterocycles. The second-order valence-electron chi connectivity index (χ2n) is 8.03. The lowest BCUT2D eigenvalue weighted by molar-refractivity contribution is -0.568. The van der Waals surface area contributed by atoms with Crippen LogP contribution in [-0.2, 0) is 6.54 Å². The highest BCUT2D eigenvalue weighted by Gasteiger charge is 2.23. The van der Waals surface area contributed by atoms with E-state index in [0.29, 0.717) is 0 Å². The minimum atomic E-state index is 0. The quantitative estimate of drug-likeness (QED) is 0.290. The number of hydrogen-bond donors (Lipinski definition) is 0. The summed E-state index contributed by atoms with van der Waals surface area (Å²) in [5.41, 5.74) is 6.99. The monoisotopic (exact) mass is 574 g/mol. The summed E-state index contributed by atoms with van der Waals surface area (Å²) in [7, 11) is 0. The van der Waals surface area contributed by atoms with Crippen molar-refractivity contribution in [3.05, 3.63) is 127 Å². The first-order chi connectivity index (χ1) is 15.9. The Morgan fingerprint density at radius 1 is 0.706 bits per heavy atom. The van der Waals surface area contributed by atoms with Crippen molar-refractivity contribution in [2.75, 3.05) is 0 Å². The van der Waals surface area contributed by atoms with Gasteiger partial charge in [0.15, 0.2) is 11.0 Å². The smallest absolute Gasteiger partial charge is 0.250 e. The van der Waals surface area contributed by atoms with Crippen LogP contribution in [0.4, 0.5) is 0 Å². The molecule has 6 rings (SSSR count). The number of nitrogens with zero attached hydrogens (tertiary/aromatic N) is 4. The first kappa shape index (κ1) is 23.9. The molecule has 0 saturated carbocycles. The Hall–Kier alpha value is -3.22. The van der Waals surface area contributed by atoms with Crippen LogP contribution in [0.25, 0.3) is 27.8 Å². The van der Waals surface area contributed by atoms with Crippen LogP contribution in [0.15, 0.2) is 122 Å². The largest absolute Gasteiger partial charge is 1.00 e. The summed E-state index contributed by atoms with van der Waals surface area (Å²) in [5.74, 6) is 0. The summed E-state index contributed by atoms with van der Waals surface area (Å²) in [6.07, 6.45) is 4.19. The highest BCUT2D eigenvalue weighted by Crippen LogP contribution is 2.27. The second-order valence-corrected chi connectivity index (χ2v) is 8.03. The normalized spacial score (nSPS) is 11.6. The number of rotatable bonds is 5. The minimum Gasteiger partial charge on any atom is -1.00 e. The number of hydrogen-bond acceptors (Lipinski definition) is 1. The molecule has 1 atom stereocenters. The predicted molar refractivity (Wildman–Crippen MR) is 138 cm³/mol. The van der Waals surface area contributed by atoms with Gasteiger partial charge in [-0.3, -0.25) is 0 Å². The number of benzene rings is 4. The maximum absolute atomic E-state index is 4.67. The van der Waals surface area contributed by atoms with E-state index >= 15 is 0 Å². The molecule has 0 amide bonds. The Bertz CT molecular complexity index is 1510. The van der Waals surface area contributed by atoms with Crippen molar-refractivity contribution < 1.29 is 21.5 Å². The van der Waals surface area contributed by atoms with Crippen molar-refractivity contribution in [3.8, 4) is 5.69 Å². The fourth-order valence-corrected chi connectivity index (χ4v) is 4.56. The van der Waals surface area contributed by atoms with Crippen LogP contribution in [0, 0.1) is 0 Å². The van der Waals surface area contributed by atoms with Crippen LogP contribution in [-0.4, -0.2) is 14.1 Å². The molecular formula is C28H24Br2N4. The Kier molecular flexibility index (Phi) is 7.29. The first-order valence-corrected chi connectivity index (χ1v) is 10.9. The Morgan fingerprint density at radius 2 is 1.32 bits per heavy atom. The third-order valence-corrected chi connectivity index (χ3v) is 6.11. The zero-order chi connectivity index (χ0) is 21.3. The van der Waals surface area contributed by atoms with Crippen LogP contribution < -0.4 is 21.5 Å². The van der Waals surface area contributed by atoms with E-state index in [0.717, 1.165) is 23.3 Å². The number of para-hydroxylation sites is 5. The molecule has 2 aromatic heterocycles. The van der Waals surface area contributed by atoms with Crippen molar-refractivity contribution >= 4 is 39.0 Å². The predicted octanol–water partition coefficient (Wildman–Crippen LogP) is 3.14. The van der Waals surface area contributed by atoms with E-state index in [2.05, 4.69) is 128 Å². The topological polar surface area (TPSA) is 26.6 Å². The van der Waals surface area contributed by atoms with Crippen LogP contribution in [0.3, 0.4) is 0 Å². The van der Waals surface area contributed by atoms with Gasteiger partial charge in [0.1, 0.15) is 12.2 Å². The maximum Gasteiger partial charge on any atom is 0.250 e. The number of imidazole rings is 2. The van der Waals surface area contributed by atoms with Gasteiger partial charge >= 0.3 is 0 Å². The molecule has 4 nitrogen and oxygen atoms in total. The standard InChI is InChI=1S/C28H23N4.2BrH/c1-3-11-22(12-4-1)28(31-20-29-24-15-7-8-16-25(24)31)19-30-21-32(23-13-5-2-6-14-23)27-18-10-9-17-26(27)30;;/h1-18,20-21,28H,19H2;2*1H/q+1;;/p-1. The molecule has 1 unspecified atom stereocenters. The molecule has 0 spiro atoms. The van der Waals surface area contributed by atoms with Crippen molar-refractivity contribution in [1.29, 1.82) is 0 Å². The number of fused-ring (bicyclic) bond motifs is 2. The molecule has 0 fully saturated rings. The van der Waals surface area contributed by atoms with Crippen LogP contribution in [0.2, 0.25) is 0 Å². The number of aromatic nitrogens is 4. The first-order valence-electron chi connectivity index (χ1n) is 10.9. The molecular weight excluding hydrogens is 552 g/mol. The van der Waals surface area contributed by atoms with Crippen LogP contribution >= 0.6 is 17.0 Å². The zero-order valence-electron chi connectivity index (χ0n) is 18.4. The lowest BCUT2D eigenvalue weighted by atomic mass is 10.1. The fourth-order valence-electron chi connectivity index (χ4n) is 4.56. The van der Waals surface area contributed by atoms with E-state index in [-0.39, 0.29) is 40.0 Å². The second kappa shape index (κ2) is 10.4. The van der Waals surface area contributed by atoms with Crippen LogP contribution in [0.5, 0.6) is 0 Å². The molecule has 170 valence electrons. The third kappa shape index (κ3) is 4.31. The average Bonchev–Trinajstić information content (AvgIpc) is 3.45. The van der Waals surface area contributed by atoms with Gasteiger partial charge in [-0.25, -0.2) is 9.55 Å². The van der Waals surface area contributed by atoms with Gasteiger partial charge in [-0.2, -0.15) is 4.57 Å².